The van der Waals surface area contributed by atoms with Crippen LogP contribution in [-0.4, -0.2) is 64.7 Å². The number of aliphatic hydroxyl groups excluding tert-OH is 3. The van der Waals surface area contributed by atoms with Crippen molar-refractivity contribution < 1.29 is 34.3 Å². The van der Waals surface area contributed by atoms with E-state index in [1.54, 1.807) is 0 Å². The maximum absolute atomic E-state index is 13.1. The summed E-state index contributed by atoms with van der Waals surface area (Å²) in [7, 11) is 0. The van der Waals surface area contributed by atoms with E-state index in [0.717, 1.165) is 80.5 Å². The maximum Gasteiger partial charge on any atom is 0.306 e. The Kier molecular flexibility index (Phi) is 25.8. The number of fused-ring (bicyclic) bond motifs is 5. The zero-order valence-corrected chi connectivity index (χ0v) is 45.5. The summed E-state index contributed by atoms with van der Waals surface area (Å²) >= 11 is 0. The number of hydrogen-bond acceptors (Lipinski definition) is 7. The second-order valence-corrected chi connectivity index (χ2v) is 24.6. The van der Waals surface area contributed by atoms with Crippen LogP contribution in [0.4, 0.5) is 0 Å². The van der Waals surface area contributed by atoms with Gasteiger partial charge in [0.25, 0.3) is 0 Å². The first-order valence-electron chi connectivity index (χ1n) is 30.0. The summed E-state index contributed by atoms with van der Waals surface area (Å²) in [6.07, 6.45) is 40.6. The smallest absolute Gasteiger partial charge is 0.306 e. The number of carbonyl (C=O) groups is 1. The molecule has 4 aliphatic carbocycles. The Bertz CT molecular complexity index is 1410. The molecule has 4 fully saturated rings. The number of esters is 1. The predicted molar refractivity (Wildman–Crippen MR) is 281 cm³/mol. The Balaban J connectivity index is 0.942. The van der Waals surface area contributed by atoms with Crippen molar-refractivity contribution in [3.05, 3.63) is 11.6 Å². The predicted octanol–water partition coefficient (Wildman–Crippen LogP) is 15.8. The lowest BCUT2D eigenvalue weighted by Crippen LogP contribution is -2.61. The molecule has 0 aromatic rings. The van der Waals surface area contributed by atoms with Crippen LogP contribution < -0.4 is 0 Å². The number of ether oxygens (including phenoxy) is 3. The normalized spacial score (nSPS) is 33.4. The summed E-state index contributed by atoms with van der Waals surface area (Å²) < 4.78 is 18.3. The molecule has 5 aliphatic rings. The first kappa shape index (κ1) is 57.9. The maximum atomic E-state index is 13.1. The van der Waals surface area contributed by atoms with Crippen LogP contribution in [-0.2, 0) is 19.0 Å². The molecule has 0 aromatic carbocycles. The highest BCUT2D eigenvalue weighted by Gasteiger charge is 2.59. The SMILES string of the molecule is CCCCCCCCCCCCCCCCCCCCCCCCCC(=O)O[C@@H]1C(O)[C@H](O[C@H]2CC[C@@]3(C)C(=CC[C@H]4[C@@H]5CC[C@H]([C@H](C)CC[C@@H](CC)C(C)C)[C@@]5(C)CC[C@@H]43)C2)O[C@H](CO)[C@H]1O. The van der Waals surface area contributed by atoms with E-state index in [-0.39, 0.29) is 17.9 Å². The van der Waals surface area contributed by atoms with Crippen molar-refractivity contribution >= 4 is 5.97 Å². The molecule has 0 spiro atoms. The monoisotopic (exact) mass is 955 g/mol. The van der Waals surface area contributed by atoms with Crippen LogP contribution in [0.5, 0.6) is 0 Å². The summed E-state index contributed by atoms with van der Waals surface area (Å²) in [6, 6.07) is 0. The van der Waals surface area contributed by atoms with Gasteiger partial charge in [-0.2, -0.15) is 0 Å². The molecule has 14 atom stereocenters. The van der Waals surface area contributed by atoms with Gasteiger partial charge in [-0.1, -0.05) is 214 Å². The molecule has 396 valence electrons. The third kappa shape index (κ3) is 16.5. The van der Waals surface area contributed by atoms with E-state index < -0.39 is 43.3 Å². The van der Waals surface area contributed by atoms with Crippen molar-refractivity contribution in [1.29, 1.82) is 0 Å². The summed E-state index contributed by atoms with van der Waals surface area (Å²) in [5.74, 6) is 5.11. The van der Waals surface area contributed by atoms with E-state index in [0.29, 0.717) is 11.3 Å². The van der Waals surface area contributed by atoms with Gasteiger partial charge in [0.05, 0.1) is 12.7 Å². The zero-order chi connectivity index (χ0) is 48.9. The molecule has 1 heterocycles. The van der Waals surface area contributed by atoms with Crippen molar-refractivity contribution in [2.75, 3.05) is 6.61 Å². The van der Waals surface area contributed by atoms with Crippen LogP contribution >= 0.6 is 0 Å². The number of aliphatic hydroxyl groups is 3. The lowest BCUT2D eigenvalue weighted by molar-refractivity contribution is -0.314. The molecule has 5 rings (SSSR count). The fourth-order valence-electron chi connectivity index (χ4n) is 15.2. The lowest BCUT2D eigenvalue weighted by atomic mass is 9.47. The molecule has 3 N–H and O–H groups in total. The Morgan fingerprint density at radius 1 is 0.706 bits per heavy atom. The van der Waals surface area contributed by atoms with E-state index >= 15 is 0 Å². The Labute approximate surface area is 419 Å². The molecule has 1 saturated heterocycles. The molecular formula is C61H110O7. The standard InChI is InChI=1S/C61H110O7/c1-8-10-11-12-13-14-15-16-17-18-19-20-21-22-23-24-25-26-27-28-29-30-31-32-55(63)68-58-56(64)54(44-62)67-59(57(58)65)66-49-39-41-60(6)48(43-49)35-36-50-52-38-37-51(61(52,7)42-40-53(50)60)46(5)33-34-47(9-2)45(3)4/h35,45-47,49-54,56-59,62,64-65H,8-34,36-44H2,1-7H3/t46-,47-,49+,50+,51-,52+,53+,54-,56-,57?,58+,59-,60+,61-/m1/s1. The summed E-state index contributed by atoms with van der Waals surface area (Å²) in [5, 5.41) is 32.7. The lowest BCUT2D eigenvalue weighted by Gasteiger charge is -2.58. The van der Waals surface area contributed by atoms with Crippen LogP contribution in [0, 0.1) is 52.3 Å². The Morgan fingerprint density at radius 2 is 1.26 bits per heavy atom. The summed E-state index contributed by atoms with van der Waals surface area (Å²) in [4.78, 5) is 13.1. The van der Waals surface area contributed by atoms with Gasteiger partial charge in [-0.25, -0.2) is 0 Å². The van der Waals surface area contributed by atoms with Gasteiger partial charge in [0.15, 0.2) is 12.4 Å². The second-order valence-electron chi connectivity index (χ2n) is 24.6. The van der Waals surface area contributed by atoms with Gasteiger partial charge in [0.2, 0.25) is 0 Å². The van der Waals surface area contributed by atoms with Crippen molar-refractivity contribution in [2.45, 2.75) is 310 Å². The third-order valence-electron chi connectivity index (χ3n) is 19.7. The van der Waals surface area contributed by atoms with E-state index in [1.807, 2.05) is 0 Å². The molecule has 3 saturated carbocycles. The molecule has 0 radical (unpaired) electrons. The highest BCUT2D eigenvalue weighted by Crippen LogP contribution is 2.67. The molecule has 68 heavy (non-hydrogen) atoms. The van der Waals surface area contributed by atoms with E-state index in [2.05, 4.69) is 54.5 Å². The van der Waals surface area contributed by atoms with Gasteiger partial charge >= 0.3 is 5.97 Å². The van der Waals surface area contributed by atoms with Gasteiger partial charge < -0.3 is 29.5 Å². The van der Waals surface area contributed by atoms with Gasteiger partial charge in [-0.15, -0.1) is 0 Å². The minimum Gasteiger partial charge on any atom is -0.456 e. The fourth-order valence-corrected chi connectivity index (χ4v) is 15.2. The zero-order valence-electron chi connectivity index (χ0n) is 45.5. The average Bonchev–Trinajstić information content (AvgIpc) is 3.69. The topological polar surface area (TPSA) is 105 Å². The quantitative estimate of drug-likeness (QED) is 0.0335. The molecule has 1 aliphatic heterocycles. The van der Waals surface area contributed by atoms with E-state index in [1.165, 1.54) is 179 Å². The van der Waals surface area contributed by atoms with Crippen LogP contribution in [0.15, 0.2) is 11.6 Å². The minimum atomic E-state index is -1.34. The number of carbonyl (C=O) groups excluding carboxylic acids is 1. The van der Waals surface area contributed by atoms with Gasteiger partial charge in [-0.3, -0.25) is 4.79 Å². The van der Waals surface area contributed by atoms with Crippen LogP contribution in [0.3, 0.4) is 0 Å². The molecular weight excluding hydrogens is 845 g/mol. The van der Waals surface area contributed by atoms with Gasteiger partial charge in [0, 0.05) is 6.42 Å². The molecule has 7 heteroatoms. The largest absolute Gasteiger partial charge is 0.456 e. The summed E-state index contributed by atoms with van der Waals surface area (Å²) in [6.45, 7) is 16.8. The van der Waals surface area contributed by atoms with Crippen molar-refractivity contribution in [3.63, 3.8) is 0 Å². The van der Waals surface area contributed by atoms with E-state index in [4.69, 9.17) is 14.2 Å². The van der Waals surface area contributed by atoms with E-state index in [9.17, 15) is 20.1 Å². The minimum absolute atomic E-state index is 0.145. The molecule has 0 amide bonds. The number of hydrogen-bond donors (Lipinski definition) is 3. The highest BCUT2D eigenvalue weighted by molar-refractivity contribution is 5.69. The van der Waals surface area contributed by atoms with Gasteiger partial charge in [0.1, 0.15) is 18.3 Å². The first-order valence-corrected chi connectivity index (χ1v) is 30.0. The Morgan fingerprint density at radius 3 is 1.79 bits per heavy atom. The average molecular weight is 956 g/mol. The molecule has 0 bridgehead atoms. The van der Waals surface area contributed by atoms with Gasteiger partial charge in [-0.05, 0) is 116 Å². The number of rotatable bonds is 34. The number of unbranched alkanes of at least 4 members (excludes halogenated alkanes) is 22. The molecule has 1 unspecified atom stereocenters. The Hall–Kier alpha value is -0.990. The van der Waals surface area contributed by atoms with Crippen molar-refractivity contribution in [1.82, 2.24) is 0 Å². The second kappa shape index (κ2) is 30.3. The molecule has 7 nitrogen and oxygen atoms in total. The molecule has 0 aromatic heterocycles. The van der Waals surface area contributed by atoms with Crippen molar-refractivity contribution in [2.24, 2.45) is 52.3 Å². The van der Waals surface area contributed by atoms with Crippen molar-refractivity contribution in [3.8, 4) is 0 Å². The number of allylic oxidation sites excluding steroid dienone is 1. The third-order valence-corrected chi connectivity index (χ3v) is 19.7. The van der Waals surface area contributed by atoms with Crippen LogP contribution in [0.25, 0.3) is 0 Å². The first-order chi connectivity index (χ1) is 32.9. The fraction of sp³-hybridized carbons (Fsp3) is 0.951. The van der Waals surface area contributed by atoms with Crippen LogP contribution in [0.2, 0.25) is 0 Å². The summed E-state index contributed by atoms with van der Waals surface area (Å²) in [5.41, 5.74) is 2.12. The highest BCUT2D eigenvalue weighted by atomic mass is 16.7. The van der Waals surface area contributed by atoms with Crippen LogP contribution in [0.1, 0.15) is 273 Å².